The Morgan fingerprint density at radius 3 is 2.55 bits per heavy atom. The highest BCUT2D eigenvalue weighted by Crippen LogP contribution is 1.99. The Kier molecular flexibility index (Phi) is 6.46. The van der Waals surface area contributed by atoms with Gasteiger partial charge in [-0.15, -0.1) is 0 Å². The lowest BCUT2D eigenvalue weighted by Crippen LogP contribution is -2.34. The predicted molar refractivity (Wildman–Crippen MR) is 44.3 cm³/mol. The van der Waals surface area contributed by atoms with Gasteiger partial charge in [0.25, 0.3) is 0 Å². The van der Waals surface area contributed by atoms with Crippen molar-refractivity contribution in [3.63, 3.8) is 0 Å². The molecule has 68 valence electrons. The second kappa shape index (κ2) is 6.55. The SMILES string of the molecule is CC(CO)C(C)NCCCF. The van der Waals surface area contributed by atoms with Crippen LogP contribution < -0.4 is 5.32 Å². The Hall–Kier alpha value is -0.150. The lowest BCUT2D eigenvalue weighted by Gasteiger charge is -2.18. The fourth-order valence-electron chi connectivity index (χ4n) is 0.756. The highest BCUT2D eigenvalue weighted by molar-refractivity contribution is 4.66. The van der Waals surface area contributed by atoms with Crippen molar-refractivity contribution in [1.82, 2.24) is 5.32 Å². The number of halogens is 1. The summed E-state index contributed by atoms with van der Waals surface area (Å²) in [5.41, 5.74) is 0. The molecular weight excluding hydrogens is 145 g/mol. The van der Waals surface area contributed by atoms with E-state index in [9.17, 15) is 4.39 Å². The molecule has 11 heavy (non-hydrogen) atoms. The minimum Gasteiger partial charge on any atom is -0.396 e. The zero-order valence-electron chi connectivity index (χ0n) is 7.31. The van der Waals surface area contributed by atoms with E-state index in [1.165, 1.54) is 0 Å². The Balaban J connectivity index is 3.28. The average molecular weight is 163 g/mol. The van der Waals surface area contributed by atoms with Gasteiger partial charge < -0.3 is 10.4 Å². The van der Waals surface area contributed by atoms with Crippen LogP contribution in [0.25, 0.3) is 0 Å². The third-order valence-corrected chi connectivity index (χ3v) is 1.92. The molecular formula is C8H18FNO. The van der Waals surface area contributed by atoms with E-state index in [-0.39, 0.29) is 25.2 Å². The van der Waals surface area contributed by atoms with Gasteiger partial charge in [0.1, 0.15) is 0 Å². The Morgan fingerprint density at radius 2 is 2.09 bits per heavy atom. The third kappa shape index (κ3) is 5.16. The van der Waals surface area contributed by atoms with Gasteiger partial charge in [0.2, 0.25) is 0 Å². The molecule has 0 aromatic heterocycles. The van der Waals surface area contributed by atoms with Gasteiger partial charge >= 0.3 is 0 Å². The number of alkyl halides is 1. The van der Waals surface area contributed by atoms with E-state index in [1.54, 1.807) is 0 Å². The molecule has 0 heterocycles. The van der Waals surface area contributed by atoms with Crippen LogP contribution in [-0.2, 0) is 0 Å². The maximum atomic E-state index is 11.6. The van der Waals surface area contributed by atoms with E-state index in [0.717, 1.165) is 0 Å². The summed E-state index contributed by atoms with van der Waals surface area (Å²) in [4.78, 5) is 0. The summed E-state index contributed by atoms with van der Waals surface area (Å²) in [5.74, 6) is 0.245. The van der Waals surface area contributed by atoms with E-state index in [0.29, 0.717) is 13.0 Å². The minimum atomic E-state index is -0.271. The molecule has 3 heteroatoms. The van der Waals surface area contributed by atoms with Gasteiger partial charge in [-0.2, -0.15) is 0 Å². The number of hydrogen-bond acceptors (Lipinski definition) is 2. The molecule has 2 N–H and O–H groups in total. The van der Waals surface area contributed by atoms with Crippen molar-refractivity contribution in [1.29, 1.82) is 0 Å². The maximum Gasteiger partial charge on any atom is 0.0906 e. The Labute approximate surface area is 67.8 Å². The number of rotatable bonds is 6. The first kappa shape index (κ1) is 10.8. The van der Waals surface area contributed by atoms with Crippen molar-refractivity contribution in [2.75, 3.05) is 19.8 Å². The van der Waals surface area contributed by atoms with Gasteiger partial charge in [-0.05, 0) is 25.8 Å². The molecule has 2 unspecified atom stereocenters. The minimum absolute atomic E-state index is 0.184. The first-order valence-electron chi connectivity index (χ1n) is 4.12. The monoisotopic (exact) mass is 163 g/mol. The topological polar surface area (TPSA) is 32.3 Å². The summed E-state index contributed by atoms with van der Waals surface area (Å²) in [6.07, 6.45) is 0.558. The molecule has 2 atom stereocenters. The second-order valence-corrected chi connectivity index (χ2v) is 2.95. The molecule has 0 saturated heterocycles. The molecule has 0 spiro atoms. The van der Waals surface area contributed by atoms with Crippen LogP contribution >= 0.6 is 0 Å². The lowest BCUT2D eigenvalue weighted by atomic mass is 10.1. The van der Waals surface area contributed by atoms with Crippen molar-refractivity contribution in [2.24, 2.45) is 5.92 Å². The normalized spacial score (nSPS) is 16.4. The fourth-order valence-corrected chi connectivity index (χ4v) is 0.756. The summed E-state index contributed by atoms with van der Waals surface area (Å²) in [6, 6.07) is 0.270. The number of hydrogen-bond donors (Lipinski definition) is 2. The van der Waals surface area contributed by atoms with E-state index in [1.807, 2.05) is 13.8 Å². The zero-order valence-corrected chi connectivity index (χ0v) is 7.31. The van der Waals surface area contributed by atoms with Crippen LogP contribution in [0.2, 0.25) is 0 Å². The quantitative estimate of drug-likeness (QED) is 0.571. The molecule has 0 bridgehead atoms. The van der Waals surface area contributed by atoms with Gasteiger partial charge in [-0.25, -0.2) is 0 Å². The van der Waals surface area contributed by atoms with Crippen LogP contribution in [0.3, 0.4) is 0 Å². The Morgan fingerprint density at radius 1 is 1.45 bits per heavy atom. The van der Waals surface area contributed by atoms with Crippen molar-refractivity contribution in [3.8, 4) is 0 Å². The van der Waals surface area contributed by atoms with Crippen LogP contribution in [0.1, 0.15) is 20.3 Å². The van der Waals surface area contributed by atoms with E-state index >= 15 is 0 Å². The first-order chi connectivity index (χ1) is 5.22. The van der Waals surface area contributed by atoms with Crippen LogP contribution in [0.4, 0.5) is 4.39 Å². The Bertz CT molecular complexity index is 90.2. The second-order valence-electron chi connectivity index (χ2n) is 2.95. The van der Waals surface area contributed by atoms with Crippen molar-refractivity contribution < 1.29 is 9.50 Å². The van der Waals surface area contributed by atoms with Crippen molar-refractivity contribution in [3.05, 3.63) is 0 Å². The van der Waals surface area contributed by atoms with Crippen LogP contribution in [0, 0.1) is 5.92 Å². The lowest BCUT2D eigenvalue weighted by molar-refractivity contribution is 0.207. The average Bonchev–Trinajstić information content (AvgIpc) is 2.03. The fraction of sp³-hybridized carbons (Fsp3) is 1.00. The largest absolute Gasteiger partial charge is 0.396 e. The number of aliphatic hydroxyl groups excluding tert-OH is 1. The van der Waals surface area contributed by atoms with Crippen LogP contribution in [0.5, 0.6) is 0 Å². The molecule has 0 amide bonds. The zero-order chi connectivity index (χ0) is 8.69. The first-order valence-corrected chi connectivity index (χ1v) is 4.12. The molecule has 0 aromatic rings. The highest BCUT2D eigenvalue weighted by atomic mass is 19.1. The molecule has 2 nitrogen and oxygen atoms in total. The molecule has 0 aliphatic rings. The van der Waals surface area contributed by atoms with Gasteiger partial charge in [0.05, 0.1) is 6.67 Å². The van der Waals surface area contributed by atoms with Gasteiger partial charge in [-0.1, -0.05) is 6.92 Å². The van der Waals surface area contributed by atoms with Crippen molar-refractivity contribution in [2.45, 2.75) is 26.3 Å². The van der Waals surface area contributed by atoms with Crippen LogP contribution in [0.15, 0.2) is 0 Å². The van der Waals surface area contributed by atoms with Gasteiger partial charge in [0.15, 0.2) is 0 Å². The summed E-state index contributed by atoms with van der Waals surface area (Å²) in [5, 5.41) is 11.9. The standard InChI is InChI=1S/C8H18FNO/c1-7(6-11)8(2)10-5-3-4-9/h7-8,10-11H,3-6H2,1-2H3. The molecule has 0 rings (SSSR count). The number of aliphatic hydroxyl groups is 1. The molecule has 0 radical (unpaired) electrons. The highest BCUT2D eigenvalue weighted by Gasteiger charge is 2.08. The molecule has 0 aliphatic heterocycles. The summed E-state index contributed by atoms with van der Waals surface area (Å²) >= 11 is 0. The van der Waals surface area contributed by atoms with Gasteiger partial charge in [0, 0.05) is 12.6 Å². The maximum absolute atomic E-state index is 11.6. The van der Waals surface area contributed by atoms with Crippen LogP contribution in [-0.4, -0.2) is 31.0 Å². The summed E-state index contributed by atoms with van der Waals surface area (Å²) in [6.45, 7) is 4.57. The third-order valence-electron chi connectivity index (χ3n) is 1.92. The van der Waals surface area contributed by atoms with E-state index in [4.69, 9.17) is 5.11 Å². The summed E-state index contributed by atoms with van der Waals surface area (Å²) in [7, 11) is 0. The van der Waals surface area contributed by atoms with E-state index < -0.39 is 0 Å². The van der Waals surface area contributed by atoms with Crippen molar-refractivity contribution >= 4 is 0 Å². The molecule has 0 fully saturated rings. The summed E-state index contributed by atoms with van der Waals surface area (Å²) < 4.78 is 11.6. The molecule has 0 saturated carbocycles. The van der Waals surface area contributed by atoms with E-state index in [2.05, 4.69) is 5.32 Å². The number of nitrogens with one attached hydrogen (secondary N) is 1. The molecule has 0 aromatic carbocycles. The molecule has 0 aliphatic carbocycles. The predicted octanol–water partition coefficient (Wildman–Crippen LogP) is 0.952. The smallest absolute Gasteiger partial charge is 0.0906 e. The van der Waals surface area contributed by atoms with Gasteiger partial charge in [-0.3, -0.25) is 4.39 Å².